The Morgan fingerprint density at radius 2 is 2.27 bits per heavy atom. The molecule has 1 fully saturated rings. The molecule has 3 unspecified atom stereocenters. The molecule has 0 aromatic rings. The highest BCUT2D eigenvalue weighted by atomic mass is 28.4. The first kappa shape index (κ1) is 12.2. The van der Waals surface area contributed by atoms with Crippen LogP contribution in [0.2, 0.25) is 12.6 Å². The molecule has 1 rings (SSSR count). The van der Waals surface area contributed by atoms with Crippen molar-refractivity contribution in [1.29, 1.82) is 0 Å². The Balaban J connectivity index is 3.10. The van der Waals surface area contributed by atoms with Crippen molar-refractivity contribution in [1.82, 2.24) is 0 Å². The minimum Gasteiger partial charge on any atom is -0.391 e. The van der Waals surface area contributed by atoms with Crippen LogP contribution in [0, 0.1) is 0 Å². The highest BCUT2D eigenvalue weighted by molar-refractivity contribution is 6.96. The fourth-order valence-corrected chi connectivity index (χ4v) is 4.25. The molecule has 6 heteroatoms. The molecule has 1 heterocycles. The van der Waals surface area contributed by atoms with Crippen molar-refractivity contribution in [2.45, 2.75) is 37.6 Å². The Labute approximate surface area is 89.1 Å². The quantitative estimate of drug-likeness (QED) is 0.404. The first-order chi connectivity index (χ1) is 6.93. The lowest BCUT2D eigenvalue weighted by Gasteiger charge is -2.40. The summed E-state index contributed by atoms with van der Waals surface area (Å²) in [5.41, 5.74) is 4.16. The third-order valence-electron chi connectivity index (χ3n) is 2.76. The molecule has 0 saturated carbocycles. The zero-order valence-electron chi connectivity index (χ0n) is 8.86. The predicted octanol–water partition coefficient (Wildman–Crippen LogP) is -0.392. The lowest BCUT2D eigenvalue weighted by atomic mass is 9.93. The number of hydrogen-bond acceptors (Lipinski definition) is 5. The lowest BCUT2D eigenvalue weighted by Crippen LogP contribution is -2.64. The van der Waals surface area contributed by atoms with Crippen LogP contribution in [0.15, 0.2) is 0 Å². The van der Waals surface area contributed by atoms with Crippen LogP contribution in [0.1, 0.15) is 13.3 Å². The largest absolute Gasteiger partial charge is 0.391 e. The van der Waals surface area contributed by atoms with E-state index < -0.39 is 25.7 Å². The molecule has 0 aliphatic carbocycles. The third kappa shape index (κ3) is 1.92. The van der Waals surface area contributed by atoms with Gasteiger partial charge >= 0.3 is 0 Å². The van der Waals surface area contributed by atoms with Crippen molar-refractivity contribution < 1.29 is 18.8 Å². The van der Waals surface area contributed by atoms with Crippen LogP contribution in [0.4, 0.5) is 0 Å². The second-order valence-electron chi connectivity index (χ2n) is 4.07. The average Bonchev–Trinajstić information content (AvgIpc) is 2.24. The first-order valence-electron chi connectivity index (χ1n) is 4.86. The average molecular weight is 229 g/mol. The van der Waals surface area contributed by atoms with E-state index in [0.717, 1.165) is 5.91 Å². The number of Topliss-reactive ketones (excluding diaryl/α,β-unsaturated/α-hetero) is 1. The smallest absolute Gasteiger partial charge is 0.261 e. The fraction of sp³-hybridized carbons (Fsp3) is 0.667. The van der Waals surface area contributed by atoms with Gasteiger partial charge in [-0.3, -0.25) is 9.59 Å². The van der Waals surface area contributed by atoms with Gasteiger partial charge < -0.3 is 15.0 Å². The van der Waals surface area contributed by atoms with E-state index in [1.807, 2.05) is 0 Å². The second-order valence-corrected chi connectivity index (χ2v) is 7.54. The number of aldehydes is 1. The van der Waals surface area contributed by atoms with Gasteiger partial charge in [0.15, 0.2) is 17.7 Å². The van der Waals surface area contributed by atoms with Crippen LogP contribution in [0.5, 0.6) is 0 Å². The maximum Gasteiger partial charge on any atom is 0.261 e. The molecule has 0 aromatic heterocycles. The topological polar surface area (TPSA) is 86.5 Å². The summed E-state index contributed by atoms with van der Waals surface area (Å²) >= 11 is 0. The number of carbonyl (C=O) groups excluding carboxylic acids is 3. The molecule has 1 aliphatic rings. The van der Waals surface area contributed by atoms with E-state index in [-0.39, 0.29) is 12.5 Å². The Morgan fingerprint density at radius 3 is 2.67 bits per heavy atom. The van der Waals surface area contributed by atoms with Crippen LogP contribution in [0.3, 0.4) is 0 Å². The van der Waals surface area contributed by atoms with Gasteiger partial charge in [-0.1, -0.05) is 6.92 Å². The Bertz CT molecular complexity index is 308. The summed E-state index contributed by atoms with van der Waals surface area (Å²) in [6.45, 7) is 3.34. The van der Waals surface area contributed by atoms with Crippen LogP contribution >= 0.6 is 0 Å². The van der Waals surface area contributed by atoms with E-state index in [1.54, 1.807) is 13.5 Å². The van der Waals surface area contributed by atoms with Crippen molar-refractivity contribution in [2.24, 2.45) is 5.73 Å². The summed E-state index contributed by atoms with van der Waals surface area (Å²) in [5, 5.41) is 0. The molecular weight excluding hydrogens is 214 g/mol. The first-order valence-corrected chi connectivity index (χ1v) is 7.55. The summed E-state index contributed by atoms with van der Waals surface area (Å²) in [5.74, 6) is 0.319. The number of nitrogens with two attached hydrogens (primary N) is 1. The van der Waals surface area contributed by atoms with Gasteiger partial charge in [-0.15, -0.1) is 0 Å². The highest BCUT2D eigenvalue weighted by Gasteiger charge is 2.53. The predicted molar refractivity (Wildman–Crippen MR) is 56.3 cm³/mol. The van der Waals surface area contributed by atoms with Crippen LogP contribution in [0.25, 0.3) is 0 Å². The van der Waals surface area contributed by atoms with Gasteiger partial charge in [-0.05, 0) is 19.0 Å². The zero-order chi connectivity index (χ0) is 11.7. The van der Waals surface area contributed by atoms with Gasteiger partial charge in [-0.25, -0.2) is 0 Å². The van der Waals surface area contributed by atoms with Gasteiger partial charge in [0.05, 0.1) is 6.04 Å². The van der Waals surface area contributed by atoms with Gasteiger partial charge in [0.25, 0.3) is 8.32 Å². The molecule has 0 aromatic carbocycles. The summed E-state index contributed by atoms with van der Waals surface area (Å²) < 4.78 is 5.46. The molecule has 0 amide bonds. The zero-order valence-corrected chi connectivity index (χ0v) is 9.86. The van der Waals surface area contributed by atoms with Crippen LogP contribution in [-0.4, -0.2) is 37.9 Å². The third-order valence-corrected chi connectivity index (χ3v) is 5.34. The van der Waals surface area contributed by atoms with Gasteiger partial charge in [0, 0.05) is 0 Å². The maximum absolute atomic E-state index is 11.7. The normalized spacial score (nSPS) is 41.3. The molecule has 0 radical (unpaired) electrons. The highest BCUT2D eigenvalue weighted by Crippen LogP contribution is 2.30. The van der Waals surface area contributed by atoms with Gasteiger partial charge in [0.1, 0.15) is 5.91 Å². The van der Waals surface area contributed by atoms with Gasteiger partial charge in [0.2, 0.25) is 0 Å². The standard InChI is InChI=1S/C9H15NO4Si/c1-3-9(5-11)8(13)7(10)4-15(2,6-12)14-9/h5-7H,3-4,10H2,1-2H3. The lowest BCUT2D eigenvalue weighted by molar-refractivity contribution is -0.144. The summed E-state index contributed by atoms with van der Waals surface area (Å²) in [4.78, 5) is 33.6. The van der Waals surface area contributed by atoms with Crippen molar-refractivity contribution in [3.05, 3.63) is 0 Å². The van der Waals surface area contributed by atoms with Crippen LogP contribution in [-0.2, 0) is 18.8 Å². The molecule has 5 nitrogen and oxygen atoms in total. The number of ketones is 1. The number of rotatable bonds is 3. The monoisotopic (exact) mass is 229 g/mol. The SMILES string of the molecule is CCC1(C=O)O[Si](C)(C=O)CC(N)C1=O. The Kier molecular flexibility index (Phi) is 3.22. The molecule has 3 atom stereocenters. The van der Waals surface area contributed by atoms with E-state index >= 15 is 0 Å². The van der Waals surface area contributed by atoms with E-state index in [9.17, 15) is 14.4 Å². The molecule has 2 N–H and O–H groups in total. The Hall–Kier alpha value is -0.853. The molecule has 84 valence electrons. The van der Waals surface area contributed by atoms with E-state index in [4.69, 9.17) is 10.2 Å². The van der Waals surface area contributed by atoms with E-state index in [1.165, 1.54) is 0 Å². The van der Waals surface area contributed by atoms with Crippen molar-refractivity contribution in [2.75, 3.05) is 0 Å². The summed E-state index contributed by atoms with van der Waals surface area (Å²) in [7, 11) is -2.65. The van der Waals surface area contributed by atoms with Crippen molar-refractivity contribution >= 4 is 26.3 Å². The maximum atomic E-state index is 11.7. The molecule has 15 heavy (non-hydrogen) atoms. The number of carbonyl (C=O) groups is 3. The second kappa shape index (κ2) is 3.95. The molecule has 1 saturated heterocycles. The Morgan fingerprint density at radius 1 is 1.67 bits per heavy atom. The molecular formula is C9H15NO4Si. The van der Waals surface area contributed by atoms with Crippen molar-refractivity contribution in [3.63, 3.8) is 0 Å². The molecule has 0 spiro atoms. The van der Waals surface area contributed by atoms with Crippen LogP contribution < -0.4 is 5.73 Å². The fourth-order valence-electron chi connectivity index (χ4n) is 1.84. The minimum atomic E-state index is -2.65. The van der Waals surface area contributed by atoms with E-state index in [2.05, 4.69) is 0 Å². The molecule has 0 bridgehead atoms. The summed E-state index contributed by atoms with van der Waals surface area (Å²) in [6, 6.07) is -0.504. The molecule has 1 aliphatic heterocycles. The van der Waals surface area contributed by atoms with Crippen molar-refractivity contribution in [3.8, 4) is 0 Å². The minimum absolute atomic E-state index is 0.222. The number of hydrogen-bond donors (Lipinski definition) is 1. The van der Waals surface area contributed by atoms with E-state index in [0.29, 0.717) is 6.29 Å². The van der Waals surface area contributed by atoms with Gasteiger partial charge in [-0.2, -0.15) is 0 Å². The summed E-state index contributed by atoms with van der Waals surface area (Å²) in [6.07, 6.45) is 0.697.